The molecule has 10 aromatic carbocycles. The smallest absolute Gasteiger partial charge is 0.164 e. The fourth-order valence-electron chi connectivity index (χ4n) is 8.23. The van der Waals surface area contributed by atoms with E-state index in [1.54, 1.807) is 18.2 Å². The first-order valence-electron chi connectivity index (χ1n) is 26.5. The molecule has 284 valence electrons. The molecule has 0 saturated heterocycles. The van der Waals surface area contributed by atoms with Crippen molar-refractivity contribution in [3.05, 3.63) is 218 Å². The Bertz CT molecular complexity index is 4360. The molecule has 0 aliphatic rings. The maximum absolute atomic E-state index is 9.86. The summed E-state index contributed by atoms with van der Waals surface area (Å²) in [6.45, 7) is 0. The van der Waals surface area contributed by atoms with Gasteiger partial charge < -0.3 is 4.57 Å². The molecule has 0 aliphatic heterocycles. The van der Waals surface area contributed by atoms with Gasteiger partial charge >= 0.3 is 0 Å². The number of nitrogens with zero attached hydrogens (tertiary/aromatic N) is 4. The molecule has 0 spiro atoms. The highest BCUT2D eigenvalue weighted by Crippen LogP contribution is 2.47. The van der Waals surface area contributed by atoms with Gasteiger partial charge in [0.05, 0.1) is 30.2 Å². The van der Waals surface area contributed by atoms with Crippen LogP contribution >= 0.6 is 0 Å². The van der Waals surface area contributed by atoms with Gasteiger partial charge in [0, 0.05) is 38.5 Å². The van der Waals surface area contributed by atoms with Crippen LogP contribution in [0.2, 0.25) is 0 Å². The molecular weight excluding hydrogens is 741 g/mol. The third kappa shape index (κ3) is 5.88. The Kier molecular flexibility index (Phi) is 5.47. The van der Waals surface area contributed by atoms with Gasteiger partial charge in [-0.25, -0.2) is 15.0 Å². The standard InChI is InChI=1S/C57H36N4/c1-4-15-37(16-5-1)38-29-31-40(32-30-38)56-58-55(39-17-6-2-7-18-39)59-57(60-56)44-22-13-20-42(36-44)41-19-12-21-43(35-41)46-33-34-51-54-52(46)48-26-11-10-25-47(48)49-27-14-28-50(53(49)54)61(51)45-23-8-3-9-24-45/h1-36H/i3D,8D,9D,10D,11D,14D,23D,24D,25D,26D,27D,28D,33D,34D. The van der Waals surface area contributed by atoms with Crippen LogP contribution in [0.1, 0.15) is 19.2 Å². The molecule has 0 saturated carbocycles. The zero-order valence-electron chi connectivity index (χ0n) is 46.0. The van der Waals surface area contributed by atoms with Crippen molar-refractivity contribution >= 4 is 43.4 Å². The summed E-state index contributed by atoms with van der Waals surface area (Å²) >= 11 is 0. The molecule has 12 rings (SSSR count). The molecule has 2 aromatic heterocycles. The third-order valence-corrected chi connectivity index (χ3v) is 11.0. The fourth-order valence-corrected chi connectivity index (χ4v) is 8.23. The van der Waals surface area contributed by atoms with Gasteiger partial charge in [0.2, 0.25) is 0 Å². The van der Waals surface area contributed by atoms with Gasteiger partial charge in [-0.2, -0.15) is 0 Å². The summed E-state index contributed by atoms with van der Waals surface area (Å²) in [5, 5.41) is -0.307. The maximum Gasteiger partial charge on any atom is 0.164 e. The Morgan fingerprint density at radius 1 is 0.328 bits per heavy atom. The Hall–Kier alpha value is -8.21. The van der Waals surface area contributed by atoms with Crippen LogP contribution in [0, 0.1) is 0 Å². The van der Waals surface area contributed by atoms with Crippen molar-refractivity contribution in [1.29, 1.82) is 0 Å². The van der Waals surface area contributed by atoms with Crippen LogP contribution in [0.5, 0.6) is 0 Å². The second kappa shape index (κ2) is 14.3. The normalized spacial score (nSPS) is 14.8. The summed E-state index contributed by atoms with van der Waals surface area (Å²) in [7, 11) is 0. The lowest BCUT2D eigenvalue weighted by Crippen LogP contribution is -2.00. The lowest BCUT2D eigenvalue weighted by atomic mass is 9.89. The topological polar surface area (TPSA) is 43.6 Å². The number of hydrogen-bond donors (Lipinski definition) is 0. The molecular formula is C57H36N4. The van der Waals surface area contributed by atoms with Crippen LogP contribution in [0.15, 0.2) is 218 Å². The fraction of sp³-hybridized carbons (Fsp3) is 0. The largest absolute Gasteiger partial charge is 0.309 e. The summed E-state index contributed by atoms with van der Waals surface area (Å²) < 4.78 is 128. The van der Waals surface area contributed by atoms with Crippen molar-refractivity contribution in [3.63, 3.8) is 0 Å². The molecule has 61 heavy (non-hydrogen) atoms. The zero-order valence-corrected chi connectivity index (χ0v) is 32.0. The highest BCUT2D eigenvalue weighted by atomic mass is 15.0. The molecule has 4 heteroatoms. The quantitative estimate of drug-likeness (QED) is 0.151. The van der Waals surface area contributed by atoms with Crippen molar-refractivity contribution in [2.24, 2.45) is 0 Å². The van der Waals surface area contributed by atoms with Crippen LogP contribution in [0.4, 0.5) is 0 Å². The van der Waals surface area contributed by atoms with E-state index in [1.165, 1.54) is 0 Å². The number of hydrogen-bond acceptors (Lipinski definition) is 3. The minimum atomic E-state index is -0.717. The second-order valence-corrected chi connectivity index (χ2v) is 14.5. The number of fused-ring (bicyclic) bond motifs is 3. The Labute approximate surface area is 372 Å². The van der Waals surface area contributed by atoms with E-state index in [2.05, 4.69) is 0 Å². The van der Waals surface area contributed by atoms with E-state index in [0.29, 0.717) is 39.7 Å². The Morgan fingerprint density at radius 3 is 1.54 bits per heavy atom. The van der Waals surface area contributed by atoms with Crippen molar-refractivity contribution in [2.45, 2.75) is 0 Å². The summed E-state index contributed by atoms with van der Waals surface area (Å²) in [6.07, 6.45) is 0. The van der Waals surface area contributed by atoms with E-state index in [9.17, 15) is 8.22 Å². The van der Waals surface area contributed by atoms with Crippen molar-refractivity contribution in [3.8, 4) is 73.2 Å². The number of para-hydroxylation sites is 1. The minimum Gasteiger partial charge on any atom is -0.309 e. The van der Waals surface area contributed by atoms with Crippen LogP contribution < -0.4 is 0 Å². The number of aromatic nitrogens is 4. The van der Waals surface area contributed by atoms with Gasteiger partial charge in [0.15, 0.2) is 17.5 Å². The average molecular weight is 791 g/mol. The molecule has 0 radical (unpaired) electrons. The monoisotopic (exact) mass is 790 g/mol. The molecule has 0 atom stereocenters. The average Bonchev–Trinajstić information content (AvgIpc) is 3.80. The van der Waals surface area contributed by atoms with E-state index in [4.69, 9.17) is 25.9 Å². The van der Waals surface area contributed by atoms with E-state index in [0.717, 1.165) is 26.8 Å². The molecule has 0 bridgehead atoms. The molecule has 0 aliphatic carbocycles. The number of benzene rings is 10. The summed E-state index contributed by atoms with van der Waals surface area (Å²) in [6, 6.07) is 33.8. The molecule has 0 fully saturated rings. The van der Waals surface area contributed by atoms with Crippen LogP contribution in [-0.4, -0.2) is 19.5 Å². The van der Waals surface area contributed by atoms with Gasteiger partial charge in [-0.3, -0.25) is 0 Å². The Balaban J connectivity index is 1.10. The van der Waals surface area contributed by atoms with E-state index < -0.39 is 90.3 Å². The molecule has 0 amide bonds. The highest BCUT2D eigenvalue weighted by molar-refractivity contribution is 6.36. The van der Waals surface area contributed by atoms with Gasteiger partial charge in [0.1, 0.15) is 0 Å². The molecule has 0 unspecified atom stereocenters. The second-order valence-electron chi connectivity index (χ2n) is 14.5. The maximum atomic E-state index is 9.86. The number of rotatable bonds is 7. The van der Waals surface area contributed by atoms with E-state index in [-0.39, 0.29) is 48.9 Å². The van der Waals surface area contributed by atoms with Crippen LogP contribution in [0.3, 0.4) is 0 Å². The third-order valence-electron chi connectivity index (χ3n) is 11.0. The summed E-state index contributed by atoms with van der Waals surface area (Å²) in [4.78, 5) is 14.9. The van der Waals surface area contributed by atoms with E-state index in [1.807, 2.05) is 115 Å². The summed E-state index contributed by atoms with van der Waals surface area (Å²) in [5.74, 6) is 1.34. The minimum absolute atomic E-state index is 0.00711. The first kappa shape index (κ1) is 23.4. The highest BCUT2D eigenvalue weighted by Gasteiger charge is 2.22. The van der Waals surface area contributed by atoms with Crippen molar-refractivity contribution in [1.82, 2.24) is 19.5 Å². The SMILES string of the molecule is [2H]c1c([2H])c([2H])c(-n2c3c([2H])c([2H])c([2H])c4c5c([2H])c([2H])c([2H])c([2H])c5c5c(-c6cccc(-c7cccc(-c8nc(-c9ccccc9)nc(-c9ccc(-c%10ccccc%10)cc9)n8)c7)c6)c([2H])c([2H])c2c5c43)c([2H])c1[2H]. The molecule has 2 heterocycles. The first-order chi connectivity index (χ1) is 36.1. The van der Waals surface area contributed by atoms with Gasteiger partial charge in [-0.15, -0.1) is 0 Å². The lowest BCUT2D eigenvalue weighted by molar-refractivity contribution is 1.07. The zero-order chi connectivity index (χ0) is 52.5. The first-order valence-corrected chi connectivity index (χ1v) is 19.5. The Morgan fingerprint density at radius 2 is 0.820 bits per heavy atom. The van der Waals surface area contributed by atoms with Crippen molar-refractivity contribution in [2.75, 3.05) is 0 Å². The predicted octanol–water partition coefficient (Wildman–Crippen LogP) is 14.7. The van der Waals surface area contributed by atoms with Gasteiger partial charge in [-0.1, -0.05) is 182 Å². The van der Waals surface area contributed by atoms with Crippen LogP contribution in [0.25, 0.3) is 117 Å². The molecule has 4 nitrogen and oxygen atoms in total. The summed E-state index contributed by atoms with van der Waals surface area (Å²) in [5.41, 5.74) is 5.25. The van der Waals surface area contributed by atoms with Gasteiger partial charge in [-0.05, 0) is 85.8 Å². The van der Waals surface area contributed by atoms with Gasteiger partial charge in [0.25, 0.3) is 0 Å². The van der Waals surface area contributed by atoms with E-state index >= 15 is 0 Å². The van der Waals surface area contributed by atoms with Crippen LogP contribution in [-0.2, 0) is 0 Å². The molecule has 12 aromatic rings. The van der Waals surface area contributed by atoms with Crippen molar-refractivity contribution < 1.29 is 19.2 Å². The predicted molar refractivity (Wildman–Crippen MR) is 253 cm³/mol. The molecule has 0 N–H and O–H groups in total. The lowest BCUT2D eigenvalue weighted by Gasteiger charge is -2.14.